The Morgan fingerprint density at radius 2 is 2.13 bits per heavy atom. The monoisotopic (exact) mass is 223 g/mol. The summed E-state index contributed by atoms with van der Waals surface area (Å²) in [5, 5.41) is 0. The molecule has 1 atom stereocenters. The number of likely N-dealkylation sites (tertiary alicyclic amines) is 1. The summed E-state index contributed by atoms with van der Waals surface area (Å²) in [6.07, 6.45) is 0.0781. The second-order valence-corrected chi connectivity index (χ2v) is 5.18. The van der Waals surface area contributed by atoms with Crippen LogP contribution in [0, 0.1) is 6.92 Å². The van der Waals surface area contributed by atoms with Crippen LogP contribution in [-0.2, 0) is 9.59 Å². The Labute approximate surface area is 92.7 Å². The first-order valence-corrected chi connectivity index (χ1v) is 5.77. The molecule has 1 aromatic heterocycles. The van der Waals surface area contributed by atoms with Gasteiger partial charge in [-0.2, -0.15) is 0 Å². The van der Waals surface area contributed by atoms with E-state index in [0.29, 0.717) is 0 Å². The number of carbonyl (C=O) groups is 2. The zero-order valence-electron chi connectivity index (χ0n) is 8.82. The zero-order chi connectivity index (χ0) is 11.0. The molecule has 2 heterocycles. The largest absolute Gasteiger partial charge is 0.327 e. The summed E-state index contributed by atoms with van der Waals surface area (Å²) >= 11 is 1.68. The van der Waals surface area contributed by atoms with Gasteiger partial charge in [0.1, 0.15) is 0 Å². The fourth-order valence-corrected chi connectivity index (χ4v) is 2.73. The van der Waals surface area contributed by atoms with Gasteiger partial charge < -0.3 is 4.90 Å². The summed E-state index contributed by atoms with van der Waals surface area (Å²) in [6, 6.07) is 4.10. The van der Waals surface area contributed by atoms with Gasteiger partial charge in [0.05, 0.1) is 19.0 Å². The predicted molar refractivity (Wildman–Crippen MR) is 58.8 cm³/mol. The summed E-state index contributed by atoms with van der Waals surface area (Å²) in [6.45, 7) is 4.29. The van der Waals surface area contributed by atoms with Gasteiger partial charge in [-0.3, -0.25) is 9.59 Å². The number of amides is 1. The molecule has 0 spiro atoms. The molecule has 1 unspecified atom stereocenters. The number of rotatable bonds is 2. The molecule has 0 bridgehead atoms. The maximum absolute atomic E-state index is 11.5. The van der Waals surface area contributed by atoms with Crippen molar-refractivity contribution < 1.29 is 9.59 Å². The third-order valence-electron chi connectivity index (χ3n) is 2.66. The summed E-state index contributed by atoms with van der Waals surface area (Å²) < 4.78 is 0. The van der Waals surface area contributed by atoms with E-state index in [-0.39, 0.29) is 30.7 Å². The van der Waals surface area contributed by atoms with E-state index in [2.05, 4.69) is 0 Å². The third-order valence-corrected chi connectivity index (χ3v) is 3.83. The first-order valence-electron chi connectivity index (χ1n) is 4.95. The molecule has 0 aromatic carbocycles. The van der Waals surface area contributed by atoms with Crippen molar-refractivity contribution in [1.82, 2.24) is 4.90 Å². The number of hydrogen-bond acceptors (Lipinski definition) is 3. The molecule has 0 saturated carbocycles. The number of nitrogens with zero attached hydrogens (tertiary/aromatic N) is 1. The van der Waals surface area contributed by atoms with Gasteiger partial charge in [-0.15, -0.1) is 11.3 Å². The Morgan fingerprint density at radius 1 is 1.40 bits per heavy atom. The molecule has 0 radical (unpaired) electrons. The van der Waals surface area contributed by atoms with Crippen LogP contribution >= 0.6 is 11.3 Å². The molecular formula is C11H13NO2S. The molecule has 3 nitrogen and oxygen atoms in total. The summed E-state index contributed by atoms with van der Waals surface area (Å²) in [7, 11) is 0. The third kappa shape index (κ3) is 1.95. The minimum absolute atomic E-state index is 0.0279. The van der Waals surface area contributed by atoms with Gasteiger partial charge in [0.25, 0.3) is 0 Å². The lowest BCUT2D eigenvalue weighted by Gasteiger charge is -2.22. The molecule has 15 heavy (non-hydrogen) atoms. The molecule has 0 N–H and O–H groups in total. The molecule has 80 valence electrons. The molecule has 1 amide bonds. The van der Waals surface area contributed by atoms with Crippen LogP contribution in [0.1, 0.15) is 29.1 Å². The van der Waals surface area contributed by atoms with Crippen LogP contribution in [-0.4, -0.2) is 23.1 Å². The smallest absolute Gasteiger partial charge is 0.231 e. The standard InChI is InChI=1S/C11H13NO2S/c1-7-3-4-10(15-7)8(2)12-6-9(13)5-11(12)14/h3-4,8H,5-6H2,1-2H3. The van der Waals surface area contributed by atoms with E-state index in [1.54, 1.807) is 16.2 Å². The van der Waals surface area contributed by atoms with Crippen LogP contribution in [0.15, 0.2) is 12.1 Å². The molecule has 1 aromatic rings. The van der Waals surface area contributed by atoms with E-state index in [0.717, 1.165) is 4.88 Å². The van der Waals surface area contributed by atoms with Crippen molar-refractivity contribution in [2.45, 2.75) is 26.3 Å². The Hall–Kier alpha value is -1.16. The molecule has 1 saturated heterocycles. The maximum Gasteiger partial charge on any atom is 0.231 e. The van der Waals surface area contributed by atoms with E-state index >= 15 is 0 Å². The zero-order valence-corrected chi connectivity index (χ0v) is 9.63. The van der Waals surface area contributed by atoms with Gasteiger partial charge in [0.2, 0.25) is 5.91 Å². The summed E-state index contributed by atoms with van der Waals surface area (Å²) in [4.78, 5) is 26.7. The normalized spacial score (nSPS) is 18.7. The lowest BCUT2D eigenvalue weighted by molar-refractivity contribution is -0.129. The second kappa shape index (κ2) is 3.77. The SMILES string of the molecule is Cc1ccc(C(C)N2CC(=O)CC2=O)s1. The van der Waals surface area contributed by atoms with Crippen LogP contribution in [0.5, 0.6) is 0 Å². The number of hydrogen-bond donors (Lipinski definition) is 0. The van der Waals surface area contributed by atoms with Gasteiger partial charge >= 0.3 is 0 Å². The lowest BCUT2D eigenvalue weighted by atomic mass is 10.2. The van der Waals surface area contributed by atoms with Crippen molar-refractivity contribution >= 4 is 23.0 Å². The van der Waals surface area contributed by atoms with E-state index in [4.69, 9.17) is 0 Å². The van der Waals surface area contributed by atoms with Crippen molar-refractivity contribution in [3.8, 4) is 0 Å². The highest BCUT2D eigenvalue weighted by Gasteiger charge is 2.31. The van der Waals surface area contributed by atoms with Crippen LogP contribution < -0.4 is 0 Å². The fourth-order valence-electron chi connectivity index (χ4n) is 1.79. The van der Waals surface area contributed by atoms with E-state index in [1.807, 2.05) is 26.0 Å². The van der Waals surface area contributed by atoms with Gasteiger partial charge in [-0.05, 0) is 26.0 Å². The molecule has 1 fully saturated rings. The number of carbonyl (C=O) groups excluding carboxylic acids is 2. The average molecular weight is 223 g/mol. The van der Waals surface area contributed by atoms with Gasteiger partial charge in [-0.1, -0.05) is 0 Å². The molecule has 0 aliphatic carbocycles. The highest BCUT2D eigenvalue weighted by atomic mass is 32.1. The highest BCUT2D eigenvalue weighted by Crippen LogP contribution is 2.29. The highest BCUT2D eigenvalue weighted by molar-refractivity contribution is 7.12. The van der Waals surface area contributed by atoms with Crippen LogP contribution in [0.3, 0.4) is 0 Å². The van der Waals surface area contributed by atoms with Crippen LogP contribution in [0.2, 0.25) is 0 Å². The fraction of sp³-hybridized carbons (Fsp3) is 0.455. The number of Topliss-reactive ketones (excluding diaryl/α,β-unsaturated/α-hetero) is 1. The van der Waals surface area contributed by atoms with E-state index in [1.165, 1.54) is 4.88 Å². The summed E-state index contributed by atoms with van der Waals surface area (Å²) in [5.74, 6) is -0.0151. The van der Waals surface area contributed by atoms with Crippen molar-refractivity contribution in [3.63, 3.8) is 0 Å². The van der Waals surface area contributed by atoms with Gasteiger partial charge in [0, 0.05) is 9.75 Å². The Balaban J connectivity index is 2.18. The number of ketones is 1. The quantitative estimate of drug-likeness (QED) is 0.718. The van der Waals surface area contributed by atoms with Crippen LogP contribution in [0.4, 0.5) is 0 Å². The molecule has 4 heteroatoms. The number of aryl methyl sites for hydroxylation is 1. The van der Waals surface area contributed by atoms with Gasteiger partial charge in [0.15, 0.2) is 5.78 Å². The first kappa shape index (κ1) is 10.4. The van der Waals surface area contributed by atoms with Crippen molar-refractivity contribution in [1.29, 1.82) is 0 Å². The van der Waals surface area contributed by atoms with Gasteiger partial charge in [-0.25, -0.2) is 0 Å². The molecule has 2 rings (SSSR count). The van der Waals surface area contributed by atoms with E-state index in [9.17, 15) is 9.59 Å². The molecule has 1 aliphatic heterocycles. The minimum Gasteiger partial charge on any atom is -0.327 e. The lowest BCUT2D eigenvalue weighted by Crippen LogP contribution is -2.27. The Bertz CT molecular complexity index is 410. The molecule has 1 aliphatic rings. The predicted octanol–water partition coefficient (Wildman–Crippen LogP) is 1.92. The second-order valence-electron chi connectivity index (χ2n) is 3.86. The van der Waals surface area contributed by atoms with Crippen molar-refractivity contribution in [2.75, 3.05) is 6.54 Å². The first-order chi connectivity index (χ1) is 7.08. The average Bonchev–Trinajstić information content (AvgIpc) is 2.71. The Morgan fingerprint density at radius 3 is 2.60 bits per heavy atom. The number of thiophene rings is 1. The summed E-state index contributed by atoms with van der Waals surface area (Å²) in [5.41, 5.74) is 0. The van der Waals surface area contributed by atoms with Crippen molar-refractivity contribution in [3.05, 3.63) is 21.9 Å². The Kier molecular flexibility index (Phi) is 2.61. The molecular weight excluding hydrogens is 210 g/mol. The van der Waals surface area contributed by atoms with Crippen LogP contribution in [0.25, 0.3) is 0 Å². The topological polar surface area (TPSA) is 37.4 Å². The maximum atomic E-state index is 11.5. The van der Waals surface area contributed by atoms with Crippen molar-refractivity contribution in [2.24, 2.45) is 0 Å². The minimum atomic E-state index is -0.0430. The van der Waals surface area contributed by atoms with E-state index < -0.39 is 0 Å².